The molecule has 8 heteroatoms. The highest BCUT2D eigenvalue weighted by atomic mass is 32.2. The number of rotatable bonds is 13. The molecule has 1 atom stereocenters. The van der Waals surface area contributed by atoms with Crippen LogP contribution >= 0.6 is 0 Å². The average Bonchev–Trinajstić information content (AvgIpc) is 3.48. The van der Waals surface area contributed by atoms with Gasteiger partial charge in [0.15, 0.2) is 0 Å². The second-order valence-electron chi connectivity index (χ2n) is 11.8. The predicted molar refractivity (Wildman–Crippen MR) is 173 cm³/mol. The monoisotopic (exact) mass is 603 g/mol. The summed E-state index contributed by atoms with van der Waals surface area (Å²) in [5.74, 6) is -0.300. The lowest BCUT2D eigenvalue weighted by Gasteiger charge is -2.33. The van der Waals surface area contributed by atoms with Crippen LogP contribution in [-0.4, -0.2) is 50.0 Å². The molecular formula is C35H45N3O4S. The van der Waals surface area contributed by atoms with Gasteiger partial charge in [-0.15, -0.1) is 0 Å². The number of hydrogen-bond acceptors (Lipinski definition) is 4. The van der Waals surface area contributed by atoms with Gasteiger partial charge in [0.1, 0.15) is 6.04 Å². The Morgan fingerprint density at radius 2 is 1.53 bits per heavy atom. The zero-order valence-electron chi connectivity index (χ0n) is 25.9. The van der Waals surface area contributed by atoms with Crippen LogP contribution in [0.4, 0.5) is 5.69 Å². The summed E-state index contributed by atoms with van der Waals surface area (Å²) in [5, 5.41) is 3.24. The quantitative estimate of drug-likeness (QED) is 0.265. The molecule has 1 N–H and O–H groups in total. The van der Waals surface area contributed by atoms with Gasteiger partial charge in [-0.1, -0.05) is 79.6 Å². The molecule has 0 bridgehead atoms. The van der Waals surface area contributed by atoms with E-state index in [2.05, 4.69) is 5.32 Å². The van der Waals surface area contributed by atoms with Crippen molar-refractivity contribution in [2.24, 2.45) is 0 Å². The molecule has 0 radical (unpaired) electrons. The number of anilines is 1. The number of carbonyl (C=O) groups excluding carboxylic acids is 2. The maximum atomic E-state index is 14.1. The van der Waals surface area contributed by atoms with Crippen LogP contribution < -0.4 is 9.62 Å². The Balaban J connectivity index is 1.61. The Bertz CT molecular complexity index is 1500. The molecule has 1 aliphatic carbocycles. The van der Waals surface area contributed by atoms with Crippen molar-refractivity contribution in [2.75, 3.05) is 17.1 Å². The minimum absolute atomic E-state index is 0.116. The summed E-state index contributed by atoms with van der Waals surface area (Å²) in [4.78, 5) is 29.7. The van der Waals surface area contributed by atoms with Gasteiger partial charge in [0.25, 0.3) is 0 Å². The van der Waals surface area contributed by atoms with E-state index in [0.29, 0.717) is 25.1 Å². The minimum atomic E-state index is -3.57. The third-order valence-corrected chi connectivity index (χ3v) is 9.75. The summed E-state index contributed by atoms with van der Waals surface area (Å²) in [6.45, 7) is 6.35. The van der Waals surface area contributed by atoms with Crippen LogP contribution in [0.25, 0.3) is 0 Å². The van der Waals surface area contributed by atoms with Crippen molar-refractivity contribution in [3.8, 4) is 0 Å². The van der Waals surface area contributed by atoms with Crippen molar-refractivity contribution >= 4 is 27.5 Å². The topological polar surface area (TPSA) is 86.8 Å². The zero-order valence-corrected chi connectivity index (χ0v) is 26.7. The second kappa shape index (κ2) is 14.7. The van der Waals surface area contributed by atoms with Gasteiger partial charge in [-0.25, -0.2) is 8.42 Å². The number of hydrogen-bond donors (Lipinski definition) is 1. The number of carbonyl (C=O) groups is 2. The first kappa shape index (κ1) is 32.3. The van der Waals surface area contributed by atoms with Crippen LogP contribution in [0.5, 0.6) is 0 Å². The van der Waals surface area contributed by atoms with Crippen LogP contribution in [0.15, 0.2) is 72.8 Å². The average molecular weight is 604 g/mol. The Morgan fingerprint density at radius 3 is 2.21 bits per heavy atom. The minimum Gasteiger partial charge on any atom is -0.352 e. The number of benzene rings is 3. The Hall–Kier alpha value is -3.65. The van der Waals surface area contributed by atoms with E-state index in [9.17, 15) is 18.0 Å². The third-order valence-electron chi connectivity index (χ3n) is 8.57. The summed E-state index contributed by atoms with van der Waals surface area (Å²) >= 11 is 0. The molecule has 0 spiro atoms. The fraction of sp³-hybridized carbons (Fsp3) is 0.429. The summed E-state index contributed by atoms with van der Waals surface area (Å²) in [7, 11) is -3.57. The van der Waals surface area contributed by atoms with E-state index in [1.807, 2.05) is 87.5 Å². The summed E-state index contributed by atoms with van der Waals surface area (Å²) in [6.07, 6.45) is 6.13. The zero-order chi connectivity index (χ0) is 31.0. The molecule has 230 valence electrons. The van der Waals surface area contributed by atoms with Crippen LogP contribution in [0.2, 0.25) is 0 Å². The van der Waals surface area contributed by atoms with Crippen molar-refractivity contribution < 1.29 is 18.0 Å². The SMILES string of the molecule is Cc1ccccc1CN(C(=O)CCCN(c1cccc(C)c1C)S(C)(=O)=O)[C@H](Cc1ccccc1)C(=O)NC1CCCC1. The van der Waals surface area contributed by atoms with Gasteiger partial charge in [0, 0.05) is 32.0 Å². The number of aryl methyl sites for hydroxylation is 2. The lowest BCUT2D eigenvalue weighted by Crippen LogP contribution is -2.52. The van der Waals surface area contributed by atoms with Crippen LogP contribution in [0.1, 0.15) is 66.3 Å². The largest absolute Gasteiger partial charge is 0.352 e. The molecule has 7 nitrogen and oxygen atoms in total. The lowest BCUT2D eigenvalue weighted by molar-refractivity contribution is -0.141. The van der Waals surface area contributed by atoms with E-state index in [1.165, 1.54) is 10.6 Å². The van der Waals surface area contributed by atoms with Gasteiger partial charge in [-0.2, -0.15) is 0 Å². The van der Waals surface area contributed by atoms with Crippen molar-refractivity contribution in [3.05, 3.63) is 101 Å². The Morgan fingerprint density at radius 1 is 0.884 bits per heavy atom. The smallest absolute Gasteiger partial charge is 0.243 e. The molecule has 3 aromatic carbocycles. The molecule has 43 heavy (non-hydrogen) atoms. The van der Waals surface area contributed by atoms with Gasteiger partial charge in [0.05, 0.1) is 11.9 Å². The highest BCUT2D eigenvalue weighted by Crippen LogP contribution is 2.26. The fourth-order valence-corrected chi connectivity index (χ4v) is 6.90. The number of nitrogens with one attached hydrogen (secondary N) is 1. The van der Waals surface area contributed by atoms with E-state index < -0.39 is 16.1 Å². The third kappa shape index (κ3) is 8.69. The summed E-state index contributed by atoms with van der Waals surface area (Å²) in [6, 6.07) is 22.8. The van der Waals surface area contributed by atoms with Crippen LogP contribution in [0.3, 0.4) is 0 Å². The van der Waals surface area contributed by atoms with Crippen molar-refractivity contribution in [3.63, 3.8) is 0 Å². The second-order valence-corrected chi connectivity index (χ2v) is 13.7. The number of amides is 2. The molecular weight excluding hydrogens is 558 g/mol. The van der Waals surface area contributed by atoms with Gasteiger partial charge in [-0.05, 0) is 73.9 Å². The maximum Gasteiger partial charge on any atom is 0.243 e. The van der Waals surface area contributed by atoms with Crippen molar-refractivity contribution in [1.29, 1.82) is 0 Å². The first-order valence-corrected chi connectivity index (χ1v) is 17.1. The standard InChI is InChI=1S/C35H45N3O4S/c1-26-15-12-21-32(28(26)3)38(43(4,41)42)23-13-22-34(39)37(25-30-18-9-8-14-27(30)2)33(24-29-16-6-5-7-17-29)35(40)36-31-19-10-11-20-31/h5-9,12,14-18,21,31,33H,10-11,13,19-20,22-25H2,1-4H3,(H,36,40)/t33-/m1/s1. The number of sulfonamides is 1. The Labute approximate surface area is 257 Å². The van der Waals surface area contributed by atoms with Gasteiger partial charge < -0.3 is 10.2 Å². The first-order chi connectivity index (χ1) is 20.5. The molecule has 3 aromatic rings. The number of nitrogens with zero attached hydrogens (tertiary/aromatic N) is 2. The van der Waals surface area contributed by atoms with E-state index in [0.717, 1.165) is 53.5 Å². The summed E-state index contributed by atoms with van der Waals surface area (Å²) in [5.41, 5.74) is 5.54. The molecule has 0 saturated heterocycles. The molecule has 0 aromatic heterocycles. The highest BCUT2D eigenvalue weighted by Gasteiger charge is 2.32. The normalized spacial score (nSPS) is 14.3. The predicted octanol–water partition coefficient (Wildman–Crippen LogP) is 5.86. The maximum absolute atomic E-state index is 14.1. The molecule has 1 fully saturated rings. The van der Waals surface area contributed by atoms with Crippen molar-refractivity contribution in [1.82, 2.24) is 10.2 Å². The van der Waals surface area contributed by atoms with E-state index in [-0.39, 0.29) is 30.8 Å². The fourth-order valence-electron chi connectivity index (χ4n) is 5.88. The van der Waals surface area contributed by atoms with Crippen LogP contribution in [0, 0.1) is 20.8 Å². The molecule has 1 aliphatic rings. The van der Waals surface area contributed by atoms with Gasteiger partial charge in [-0.3, -0.25) is 13.9 Å². The van der Waals surface area contributed by atoms with Gasteiger partial charge in [0.2, 0.25) is 21.8 Å². The molecule has 4 rings (SSSR count). The Kier molecular flexibility index (Phi) is 11.0. The van der Waals surface area contributed by atoms with Crippen LogP contribution in [-0.2, 0) is 32.6 Å². The van der Waals surface area contributed by atoms with E-state index >= 15 is 0 Å². The van der Waals surface area contributed by atoms with E-state index in [4.69, 9.17) is 0 Å². The first-order valence-electron chi connectivity index (χ1n) is 15.3. The molecule has 0 unspecified atom stereocenters. The molecule has 0 heterocycles. The van der Waals surface area contributed by atoms with Crippen molar-refractivity contribution in [2.45, 2.75) is 84.3 Å². The summed E-state index contributed by atoms with van der Waals surface area (Å²) < 4.78 is 27.0. The lowest BCUT2D eigenvalue weighted by atomic mass is 10.0. The molecule has 2 amide bonds. The molecule has 0 aliphatic heterocycles. The molecule has 1 saturated carbocycles. The van der Waals surface area contributed by atoms with E-state index in [1.54, 1.807) is 11.0 Å². The highest BCUT2D eigenvalue weighted by molar-refractivity contribution is 7.92. The van der Waals surface area contributed by atoms with Gasteiger partial charge >= 0.3 is 0 Å².